The van der Waals surface area contributed by atoms with Gasteiger partial charge in [-0.2, -0.15) is 0 Å². The lowest BCUT2D eigenvalue weighted by molar-refractivity contribution is 0.262. The van der Waals surface area contributed by atoms with Crippen molar-refractivity contribution in [2.75, 3.05) is 10.6 Å². The first-order chi connectivity index (χ1) is 9.17. The third kappa shape index (κ3) is 3.94. The normalized spacial score (nSPS) is 10.0. The fourth-order valence-electron chi connectivity index (χ4n) is 1.45. The Morgan fingerprint density at radius 1 is 1.16 bits per heavy atom. The number of aliphatic hydroxyl groups excluding tert-OH is 1. The van der Waals surface area contributed by atoms with E-state index in [4.69, 9.17) is 16.7 Å². The third-order valence-electron chi connectivity index (χ3n) is 2.31. The van der Waals surface area contributed by atoms with Crippen LogP contribution in [0.4, 0.5) is 16.3 Å². The lowest BCUT2D eigenvalue weighted by Gasteiger charge is -2.07. The number of aromatic nitrogens is 1. The predicted octanol–water partition coefficient (Wildman–Crippen LogP) is 2.87. The van der Waals surface area contributed by atoms with Crippen molar-refractivity contribution in [3.8, 4) is 0 Å². The van der Waals surface area contributed by atoms with E-state index in [0.717, 1.165) is 0 Å². The van der Waals surface area contributed by atoms with Crippen LogP contribution in [0, 0.1) is 0 Å². The molecule has 6 heteroatoms. The number of pyridine rings is 1. The Labute approximate surface area is 115 Å². The summed E-state index contributed by atoms with van der Waals surface area (Å²) < 4.78 is 0. The van der Waals surface area contributed by atoms with Crippen LogP contribution in [0.3, 0.4) is 0 Å². The molecule has 0 spiro atoms. The number of halogens is 1. The van der Waals surface area contributed by atoms with Crippen molar-refractivity contribution in [3.05, 3.63) is 53.2 Å². The molecule has 0 aliphatic carbocycles. The van der Waals surface area contributed by atoms with Gasteiger partial charge in [-0.3, -0.25) is 5.32 Å². The third-order valence-corrected chi connectivity index (χ3v) is 2.56. The van der Waals surface area contributed by atoms with Crippen LogP contribution in [0.1, 0.15) is 5.69 Å². The first-order valence-corrected chi connectivity index (χ1v) is 5.95. The molecule has 1 aromatic heterocycles. The van der Waals surface area contributed by atoms with Gasteiger partial charge in [0.2, 0.25) is 0 Å². The van der Waals surface area contributed by atoms with Crippen LogP contribution in [-0.4, -0.2) is 16.1 Å². The quantitative estimate of drug-likeness (QED) is 0.807. The molecule has 0 bridgehead atoms. The number of amides is 2. The number of carbonyl (C=O) groups excluding carboxylic acids is 1. The van der Waals surface area contributed by atoms with Gasteiger partial charge in [0.05, 0.1) is 12.3 Å². The van der Waals surface area contributed by atoms with E-state index >= 15 is 0 Å². The van der Waals surface area contributed by atoms with Gasteiger partial charge in [-0.25, -0.2) is 9.78 Å². The largest absolute Gasteiger partial charge is 0.390 e. The highest BCUT2D eigenvalue weighted by Crippen LogP contribution is 2.13. The summed E-state index contributed by atoms with van der Waals surface area (Å²) in [5, 5.41) is 14.8. The number of carbonyl (C=O) groups is 1. The van der Waals surface area contributed by atoms with Gasteiger partial charge in [0, 0.05) is 10.7 Å². The van der Waals surface area contributed by atoms with Crippen LogP contribution in [0.25, 0.3) is 0 Å². The smallest absolute Gasteiger partial charge is 0.324 e. The summed E-state index contributed by atoms with van der Waals surface area (Å²) in [6.45, 7) is -0.172. The molecule has 2 aromatic rings. The number of rotatable bonds is 3. The molecular formula is C13H12ClN3O2. The van der Waals surface area contributed by atoms with Crippen molar-refractivity contribution in [1.82, 2.24) is 4.98 Å². The van der Waals surface area contributed by atoms with Crippen LogP contribution in [0.2, 0.25) is 5.02 Å². The molecule has 0 saturated heterocycles. The van der Waals surface area contributed by atoms with Gasteiger partial charge in [0.1, 0.15) is 5.82 Å². The lowest BCUT2D eigenvalue weighted by atomic mass is 10.3. The van der Waals surface area contributed by atoms with Gasteiger partial charge in [-0.05, 0) is 36.4 Å². The molecule has 2 amide bonds. The van der Waals surface area contributed by atoms with Gasteiger partial charge in [-0.1, -0.05) is 17.7 Å². The lowest BCUT2D eigenvalue weighted by Crippen LogP contribution is -2.20. The second-order valence-corrected chi connectivity index (χ2v) is 4.19. The molecule has 0 aliphatic heterocycles. The van der Waals surface area contributed by atoms with Crippen molar-refractivity contribution in [1.29, 1.82) is 0 Å². The SMILES string of the molecule is O=C(Nc1ccc(Cl)cc1)Nc1cccc(CO)n1. The van der Waals surface area contributed by atoms with Gasteiger partial charge in [0.25, 0.3) is 0 Å². The average molecular weight is 278 g/mol. The zero-order valence-corrected chi connectivity index (χ0v) is 10.7. The summed E-state index contributed by atoms with van der Waals surface area (Å²) in [6, 6.07) is 11.4. The second kappa shape index (κ2) is 6.17. The molecule has 5 nitrogen and oxygen atoms in total. The Balaban J connectivity index is 1.99. The number of aliphatic hydroxyl groups is 1. The van der Waals surface area contributed by atoms with Gasteiger partial charge < -0.3 is 10.4 Å². The Morgan fingerprint density at radius 2 is 1.89 bits per heavy atom. The second-order valence-electron chi connectivity index (χ2n) is 3.76. The Bertz CT molecular complexity index is 572. The van der Waals surface area contributed by atoms with Crippen molar-refractivity contribution in [3.63, 3.8) is 0 Å². The van der Waals surface area contributed by atoms with Crippen LogP contribution < -0.4 is 10.6 Å². The highest BCUT2D eigenvalue weighted by molar-refractivity contribution is 6.30. The minimum absolute atomic E-state index is 0.172. The topological polar surface area (TPSA) is 74.2 Å². The number of benzene rings is 1. The number of nitrogens with one attached hydrogen (secondary N) is 2. The molecule has 0 radical (unpaired) electrons. The summed E-state index contributed by atoms with van der Waals surface area (Å²) in [5.74, 6) is 0.373. The van der Waals surface area contributed by atoms with Crippen molar-refractivity contribution >= 4 is 29.1 Å². The molecule has 1 aromatic carbocycles. The van der Waals surface area contributed by atoms with E-state index in [9.17, 15) is 4.79 Å². The number of hydrogen-bond acceptors (Lipinski definition) is 3. The minimum Gasteiger partial charge on any atom is -0.390 e. The summed E-state index contributed by atoms with van der Waals surface area (Å²) in [6.07, 6.45) is 0. The van der Waals surface area contributed by atoms with Gasteiger partial charge in [0.15, 0.2) is 0 Å². The number of anilines is 2. The first-order valence-electron chi connectivity index (χ1n) is 5.58. The van der Waals surface area contributed by atoms with E-state index < -0.39 is 6.03 Å². The van der Waals surface area contributed by atoms with Crippen LogP contribution in [0.15, 0.2) is 42.5 Å². The molecule has 3 N–H and O–H groups in total. The average Bonchev–Trinajstić information content (AvgIpc) is 2.41. The minimum atomic E-state index is -0.412. The highest BCUT2D eigenvalue weighted by atomic mass is 35.5. The summed E-state index contributed by atoms with van der Waals surface area (Å²) in [7, 11) is 0. The summed E-state index contributed by atoms with van der Waals surface area (Å²) in [4.78, 5) is 15.8. The number of urea groups is 1. The summed E-state index contributed by atoms with van der Waals surface area (Å²) in [5.41, 5.74) is 1.12. The Morgan fingerprint density at radius 3 is 2.58 bits per heavy atom. The van der Waals surface area contributed by atoms with Gasteiger partial charge >= 0.3 is 6.03 Å². The predicted molar refractivity (Wildman–Crippen MR) is 74.3 cm³/mol. The molecule has 0 saturated carbocycles. The van der Waals surface area contributed by atoms with Crippen LogP contribution in [0.5, 0.6) is 0 Å². The van der Waals surface area contributed by atoms with Crippen LogP contribution >= 0.6 is 11.6 Å². The number of hydrogen-bond donors (Lipinski definition) is 3. The molecule has 2 rings (SSSR count). The molecule has 19 heavy (non-hydrogen) atoms. The number of nitrogens with zero attached hydrogens (tertiary/aromatic N) is 1. The molecule has 0 aliphatic rings. The summed E-state index contributed by atoms with van der Waals surface area (Å²) >= 11 is 5.75. The zero-order chi connectivity index (χ0) is 13.7. The molecule has 1 heterocycles. The monoisotopic (exact) mass is 277 g/mol. The Kier molecular flexibility index (Phi) is 4.33. The fourth-order valence-corrected chi connectivity index (χ4v) is 1.58. The van der Waals surface area contributed by atoms with E-state index in [1.54, 1.807) is 42.5 Å². The maximum Gasteiger partial charge on any atom is 0.324 e. The maximum atomic E-state index is 11.7. The van der Waals surface area contributed by atoms with E-state index in [0.29, 0.717) is 22.2 Å². The van der Waals surface area contributed by atoms with Crippen molar-refractivity contribution in [2.45, 2.75) is 6.61 Å². The van der Waals surface area contributed by atoms with Gasteiger partial charge in [-0.15, -0.1) is 0 Å². The van der Waals surface area contributed by atoms with E-state index in [1.165, 1.54) is 0 Å². The highest BCUT2D eigenvalue weighted by Gasteiger charge is 2.04. The Hall–Kier alpha value is -2.11. The van der Waals surface area contributed by atoms with E-state index in [-0.39, 0.29) is 6.61 Å². The van der Waals surface area contributed by atoms with E-state index in [1.807, 2.05) is 0 Å². The molecule has 0 atom stereocenters. The molecule has 98 valence electrons. The van der Waals surface area contributed by atoms with Crippen molar-refractivity contribution < 1.29 is 9.90 Å². The zero-order valence-electron chi connectivity index (χ0n) is 9.93. The molecule has 0 unspecified atom stereocenters. The maximum absolute atomic E-state index is 11.7. The van der Waals surface area contributed by atoms with Crippen LogP contribution in [-0.2, 0) is 6.61 Å². The van der Waals surface area contributed by atoms with E-state index in [2.05, 4.69) is 15.6 Å². The first kappa shape index (κ1) is 13.3. The molecular weight excluding hydrogens is 266 g/mol. The fraction of sp³-hybridized carbons (Fsp3) is 0.0769. The van der Waals surface area contributed by atoms with Crippen molar-refractivity contribution in [2.24, 2.45) is 0 Å². The standard InChI is InChI=1S/C13H12ClN3O2/c14-9-4-6-10(7-5-9)16-13(19)17-12-3-1-2-11(8-18)15-12/h1-7,18H,8H2,(H2,15,16,17,19). The molecule has 0 fully saturated rings.